The maximum absolute atomic E-state index is 12.0. The van der Waals surface area contributed by atoms with Crippen molar-refractivity contribution in [3.8, 4) is 11.5 Å². The summed E-state index contributed by atoms with van der Waals surface area (Å²) in [6.07, 6.45) is 3.84. The van der Waals surface area contributed by atoms with Gasteiger partial charge < -0.3 is 30.8 Å². The minimum atomic E-state index is -1.02. The standard InChI is InChI=1S/C22H16N2O9.H3N/c23-32-21(29)14-7-11(1-4-16(14)26)20(13-3-6-18(28)19(9-13)31-10-25)12-2-5-17(27)15(8-12)22(30)33-24;/h1-10,26-27H,23-24H2;1H3. The van der Waals surface area contributed by atoms with Gasteiger partial charge in [0.15, 0.2) is 5.76 Å². The molecule has 12 nitrogen and oxygen atoms in total. The topological polar surface area (TPSA) is 223 Å². The third-order valence-electron chi connectivity index (χ3n) is 4.63. The fourth-order valence-corrected chi connectivity index (χ4v) is 3.14. The van der Waals surface area contributed by atoms with Crippen LogP contribution in [-0.4, -0.2) is 34.4 Å². The van der Waals surface area contributed by atoms with Gasteiger partial charge in [-0.1, -0.05) is 18.2 Å². The Morgan fingerprint density at radius 3 is 1.79 bits per heavy atom. The zero-order valence-corrected chi connectivity index (χ0v) is 17.4. The fraction of sp³-hybridized carbons (Fsp3) is 0. The summed E-state index contributed by atoms with van der Waals surface area (Å²) in [6.45, 7) is 0.0893. The number of phenols is 2. The van der Waals surface area contributed by atoms with Gasteiger partial charge in [-0.25, -0.2) is 9.59 Å². The summed E-state index contributed by atoms with van der Waals surface area (Å²) < 4.78 is 4.73. The van der Waals surface area contributed by atoms with E-state index in [1.807, 2.05) is 0 Å². The second-order valence-corrected chi connectivity index (χ2v) is 6.53. The highest BCUT2D eigenvalue weighted by Gasteiger charge is 2.22. The molecule has 12 heteroatoms. The van der Waals surface area contributed by atoms with E-state index in [9.17, 15) is 29.4 Å². The van der Waals surface area contributed by atoms with Crippen LogP contribution in [0.25, 0.3) is 5.57 Å². The number of aromatic hydroxyl groups is 2. The van der Waals surface area contributed by atoms with Crippen LogP contribution in [0, 0.1) is 0 Å². The van der Waals surface area contributed by atoms with Crippen molar-refractivity contribution < 1.29 is 43.8 Å². The van der Waals surface area contributed by atoms with Gasteiger partial charge in [-0.3, -0.25) is 9.59 Å². The summed E-state index contributed by atoms with van der Waals surface area (Å²) in [7, 11) is 0. The molecule has 34 heavy (non-hydrogen) atoms. The quantitative estimate of drug-likeness (QED) is 0.298. The number of hydrogen-bond acceptors (Lipinski definition) is 12. The van der Waals surface area contributed by atoms with Crippen LogP contribution in [0.3, 0.4) is 0 Å². The average molecular weight is 469 g/mol. The molecule has 176 valence electrons. The van der Waals surface area contributed by atoms with Crippen molar-refractivity contribution >= 4 is 29.8 Å². The van der Waals surface area contributed by atoms with E-state index in [4.69, 9.17) is 16.5 Å². The monoisotopic (exact) mass is 469 g/mol. The normalized spacial score (nSPS) is 12.2. The number of ether oxygens (including phenoxy) is 1. The molecule has 2 aromatic carbocycles. The van der Waals surface area contributed by atoms with Crippen LogP contribution < -0.4 is 17.9 Å². The number of phenolic OH excluding ortho intramolecular Hbond substituents is 2. The van der Waals surface area contributed by atoms with Crippen LogP contribution in [-0.2, 0) is 24.0 Å². The summed E-state index contributed by atoms with van der Waals surface area (Å²) in [6, 6.07) is 7.83. The first-order chi connectivity index (χ1) is 15.8. The Kier molecular flexibility index (Phi) is 8.01. The van der Waals surface area contributed by atoms with Crippen LogP contribution in [0.15, 0.2) is 66.0 Å². The molecule has 0 fully saturated rings. The number of carbonyl (C=O) groups is 4. The Labute approximate surface area is 191 Å². The summed E-state index contributed by atoms with van der Waals surface area (Å²) in [5.74, 6) is 6.16. The third kappa shape index (κ3) is 4.99. The van der Waals surface area contributed by atoms with Gasteiger partial charge in [0.05, 0.1) is 0 Å². The van der Waals surface area contributed by atoms with Crippen LogP contribution in [0.5, 0.6) is 11.5 Å². The molecule has 0 radical (unpaired) electrons. The largest absolute Gasteiger partial charge is 0.507 e. The highest BCUT2D eigenvalue weighted by Crippen LogP contribution is 2.35. The van der Waals surface area contributed by atoms with E-state index in [1.54, 1.807) is 0 Å². The maximum Gasteiger partial charge on any atom is 0.360 e. The Balaban J connectivity index is 0.00000408. The molecule has 0 aliphatic heterocycles. The zero-order valence-electron chi connectivity index (χ0n) is 17.4. The van der Waals surface area contributed by atoms with Crippen LogP contribution in [0.4, 0.5) is 0 Å². The van der Waals surface area contributed by atoms with Crippen LogP contribution in [0.1, 0.15) is 31.8 Å². The lowest BCUT2D eigenvalue weighted by Gasteiger charge is -2.17. The van der Waals surface area contributed by atoms with E-state index in [-0.39, 0.29) is 29.5 Å². The Morgan fingerprint density at radius 2 is 1.35 bits per heavy atom. The summed E-state index contributed by atoms with van der Waals surface area (Å²) in [4.78, 5) is 55.1. The summed E-state index contributed by atoms with van der Waals surface area (Å²) >= 11 is 0. The van der Waals surface area contributed by atoms with E-state index < -0.39 is 29.2 Å². The van der Waals surface area contributed by atoms with Gasteiger partial charge in [-0.2, -0.15) is 11.8 Å². The molecule has 3 rings (SSSR count). The molecule has 0 aromatic heterocycles. The molecule has 0 unspecified atom stereocenters. The van der Waals surface area contributed by atoms with E-state index in [0.29, 0.717) is 22.3 Å². The molecule has 0 saturated carbocycles. The highest BCUT2D eigenvalue weighted by molar-refractivity contribution is 6.07. The Hall–Kier alpha value is -4.78. The van der Waals surface area contributed by atoms with Crippen molar-refractivity contribution in [1.29, 1.82) is 0 Å². The van der Waals surface area contributed by atoms with Crippen molar-refractivity contribution in [3.05, 3.63) is 88.2 Å². The summed E-state index contributed by atoms with van der Waals surface area (Å²) in [5, 5.41) is 20.0. The number of hydrogen-bond donors (Lipinski definition) is 5. The van der Waals surface area contributed by atoms with Gasteiger partial charge in [0.25, 0.3) is 6.47 Å². The van der Waals surface area contributed by atoms with Crippen LogP contribution in [0.2, 0.25) is 0 Å². The van der Waals surface area contributed by atoms with Crippen molar-refractivity contribution in [2.45, 2.75) is 0 Å². The molecule has 1 aliphatic carbocycles. The zero-order chi connectivity index (χ0) is 24.1. The molecule has 0 heterocycles. The molecule has 1 aliphatic rings. The third-order valence-corrected chi connectivity index (χ3v) is 4.63. The second-order valence-electron chi connectivity index (χ2n) is 6.53. The molecule has 0 spiro atoms. The minimum absolute atomic E-state index is 0. The van der Waals surface area contributed by atoms with Gasteiger partial charge in [-0.15, -0.1) is 0 Å². The molecule has 0 amide bonds. The number of ketones is 1. The number of benzene rings is 2. The SMILES string of the molecule is N.NOC(=O)c1cc(C(=C2C=CC(=O)C(OC=O)=C2)c2ccc(O)c(C(=O)ON)c2)ccc1O. The molecule has 0 saturated heterocycles. The van der Waals surface area contributed by atoms with E-state index in [0.717, 1.165) is 6.08 Å². The van der Waals surface area contributed by atoms with E-state index >= 15 is 0 Å². The molecular weight excluding hydrogens is 450 g/mol. The van der Waals surface area contributed by atoms with Crippen molar-refractivity contribution in [2.24, 2.45) is 11.8 Å². The molecule has 0 bridgehead atoms. The van der Waals surface area contributed by atoms with Crippen LogP contribution >= 0.6 is 0 Å². The predicted molar refractivity (Wildman–Crippen MR) is 116 cm³/mol. The number of nitrogens with two attached hydrogens (primary N) is 2. The van der Waals surface area contributed by atoms with E-state index in [1.165, 1.54) is 48.6 Å². The van der Waals surface area contributed by atoms with Gasteiger partial charge in [-0.05, 0) is 58.7 Å². The van der Waals surface area contributed by atoms with Crippen molar-refractivity contribution in [2.75, 3.05) is 0 Å². The lowest BCUT2D eigenvalue weighted by molar-refractivity contribution is -0.129. The second kappa shape index (κ2) is 10.7. The molecule has 9 N–H and O–H groups in total. The Morgan fingerprint density at radius 1 is 0.853 bits per heavy atom. The Bertz CT molecular complexity index is 1190. The average Bonchev–Trinajstić information content (AvgIpc) is 2.82. The first-order valence-corrected chi connectivity index (χ1v) is 9.08. The molecule has 0 atom stereocenters. The maximum atomic E-state index is 12.0. The number of rotatable bonds is 6. The lowest BCUT2D eigenvalue weighted by atomic mass is 9.88. The smallest absolute Gasteiger partial charge is 0.360 e. The minimum Gasteiger partial charge on any atom is -0.507 e. The molecule has 2 aromatic rings. The number of carbonyl (C=O) groups excluding carboxylic acids is 4. The first kappa shape index (κ1) is 25.5. The first-order valence-electron chi connectivity index (χ1n) is 9.08. The van der Waals surface area contributed by atoms with E-state index in [2.05, 4.69) is 9.68 Å². The molecular formula is C22H19N3O9. The highest BCUT2D eigenvalue weighted by atomic mass is 16.7. The van der Waals surface area contributed by atoms with Gasteiger partial charge in [0, 0.05) is 0 Å². The van der Waals surface area contributed by atoms with Gasteiger partial charge in [0.2, 0.25) is 5.78 Å². The summed E-state index contributed by atoms with van der Waals surface area (Å²) in [5.41, 5.74) is 0.712. The fourth-order valence-electron chi connectivity index (χ4n) is 3.14. The lowest BCUT2D eigenvalue weighted by Crippen LogP contribution is -2.12. The van der Waals surface area contributed by atoms with Gasteiger partial charge in [0.1, 0.15) is 22.6 Å². The predicted octanol–water partition coefficient (Wildman–Crippen LogP) is 1.32. The van der Waals surface area contributed by atoms with Crippen molar-refractivity contribution in [3.63, 3.8) is 0 Å². The number of allylic oxidation sites excluding steroid dienone is 4. The van der Waals surface area contributed by atoms with Crippen molar-refractivity contribution in [1.82, 2.24) is 6.15 Å². The van der Waals surface area contributed by atoms with Gasteiger partial charge >= 0.3 is 11.9 Å².